The number of carbonyl (C=O) groups is 1. The molecular formula is C28H27F4N3O2. The topological polar surface area (TPSA) is 78.6 Å². The Bertz CT molecular complexity index is 1330. The number of benzene rings is 3. The fourth-order valence-corrected chi connectivity index (χ4v) is 3.72. The molecule has 0 spiro atoms. The van der Waals surface area contributed by atoms with E-state index in [1.54, 1.807) is 49.4 Å². The van der Waals surface area contributed by atoms with E-state index in [1.807, 2.05) is 0 Å². The first kappa shape index (κ1) is 27.5. The molecule has 0 aliphatic rings. The molecule has 194 valence electrons. The SMILES string of the molecule is C=C(/C=C(/C(=O)Nc1cc(C(C)c2ccccc2O)ccc1F)N(C)c1cccc(CN)c1)C(F)(F)F. The minimum atomic E-state index is -4.77. The van der Waals surface area contributed by atoms with E-state index < -0.39 is 29.2 Å². The predicted octanol–water partition coefficient (Wildman–Crippen LogP) is 6.22. The van der Waals surface area contributed by atoms with Crippen LogP contribution >= 0.6 is 0 Å². The maximum atomic E-state index is 14.7. The second-order valence-corrected chi connectivity index (χ2v) is 8.46. The van der Waals surface area contributed by atoms with Crippen LogP contribution in [0.25, 0.3) is 0 Å². The summed E-state index contributed by atoms with van der Waals surface area (Å²) in [5.74, 6) is -2.05. The molecule has 1 atom stereocenters. The van der Waals surface area contributed by atoms with E-state index in [-0.39, 0.29) is 23.9 Å². The second kappa shape index (κ2) is 11.3. The van der Waals surface area contributed by atoms with E-state index in [2.05, 4.69) is 11.9 Å². The number of anilines is 2. The molecule has 1 amide bonds. The Balaban J connectivity index is 1.98. The first-order chi connectivity index (χ1) is 17.4. The third-order valence-corrected chi connectivity index (χ3v) is 5.94. The van der Waals surface area contributed by atoms with Gasteiger partial charge in [-0.3, -0.25) is 4.79 Å². The molecule has 0 aliphatic heterocycles. The van der Waals surface area contributed by atoms with Crippen LogP contribution in [0, 0.1) is 5.82 Å². The number of carbonyl (C=O) groups excluding carboxylic acids is 1. The number of alkyl halides is 3. The van der Waals surface area contributed by atoms with Crippen LogP contribution in [0.3, 0.4) is 0 Å². The molecule has 0 saturated carbocycles. The van der Waals surface area contributed by atoms with Crippen LogP contribution < -0.4 is 16.0 Å². The standard InChI is InChI=1S/C28H27F4N3O2/c1-17(28(30,31)32)13-25(35(3)21-8-6-7-19(14-21)16-33)27(37)34-24-15-20(11-12-23(24)29)18(2)22-9-4-5-10-26(22)36/h4-15,18,36H,1,16,33H2,2-3H3,(H,34,37)/b25-13-. The zero-order valence-corrected chi connectivity index (χ0v) is 20.3. The third kappa shape index (κ3) is 6.56. The molecule has 4 N–H and O–H groups in total. The summed E-state index contributed by atoms with van der Waals surface area (Å²) in [5.41, 5.74) is 6.06. The first-order valence-electron chi connectivity index (χ1n) is 11.3. The first-order valence-corrected chi connectivity index (χ1v) is 11.3. The fraction of sp³-hybridized carbons (Fsp3) is 0.179. The minimum Gasteiger partial charge on any atom is -0.508 e. The summed E-state index contributed by atoms with van der Waals surface area (Å²) >= 11 is 0. The Hall–Kier alpha value is -4.11. The highest BCUT2D eigenvalue weighted by molar-refractivity contribution is 6.06. The maximum absolute atomic E-state index is 14.7. The lowest BCUT2D eigenvalue weighted by Crippen LogP contribution is -2.29. The van der Waals surface area contributed by atoms with Crippen molar-refractivity contribution in [2.24, 2.45) is 5.73 Å². The van der Waals surface area contributed by atoms with Gasteiger partial charge in [-0.05, 0) is 47.5 Å². The fourth-order valence-electron chi connectivity index (χ4n) is 3.72. The highest BCUT2D eigenvalue weighted by Crippen LogP contribution is 2.33. The summed E-state index contributed by atoms with van der Waals surface area (Å²) in [6.07, 6.45) is -4.17. The number of phenols is 1. The number of nitrogens with zero attached hydrogens (tertiary/aromatic N) is 1. The average Bonchev–Trinajstić information content (AvgIpc) is 2.87. The van der Waals surface area contributed by atoms with Crippen LogP contribution in [0.5, 0.6) is 5.75 Å². The van der Waals surface area contributed by atoms with Gasteiger partial charge in [-0.1, -0.05) is 49.9 Å². The molecule has 0 heterocycles. The smallest absolute Gasteiger partial charge is 0.415 e. The Labute approximate surface area is 212 Å². The van der Waals surface area contributed by atoms with Gasteiger partial charge in [-0.15, -0.1) is 0 Å². The molecule has 0 saturated heterocycles. The van der Waals surface area contributed by atoms with Gasteiger partial charge in [0.15, 0.2) is 0 Å². The number of hydrogen-bond donors (Lipinski definition) is 3. The Morgan fingerprint density at radius 2 is 1.84 bits per heavy atom. The van der Waals surface area contributed by atoms with Crippen molar-refractivity contribution in [3.05, 3.63) is 113 Å². The average molecular weight is 514 g/mol. The second-order valence-electron chi connectivity index (χ2n) is 8.46. The van der Waals surface area contributed by atoms with Crippen LogP contribution in [0.2, 0.25) is 0 Å². The van der Waals surface area contributed by atoms with Gasteiger partial charge in [0.1, 0.15) is 17.3 Å². The zero-order chi connectivity index (χ0) is 27.3. The van der Waals surface area contributed by atoms with Crippen LogP contribution in [0.1, 0.15) is 29.5 Å². The number of amides is 1. The molecule has 9 heteroatoms. The number of halogens is 4. The molecule has 0 aromatic heterocycles. The number of hydrogen-bond acceptors (Lipinski definition) is 4. The highest BCUT2D eigenvalue weighted by Gasteiger charge is 2.32. The van der Waals surface area contributed by atoms with Gasteiger partial charge in [0.05, 0.1) is 11.3 Å². The molecule has 0 aliphatic carbocycles. The third-order valence-electron chi connectivity index (χ3n) is 5.94. The molecule has 0 fully saturated rings. The highest BCUT2D eigenvalue weighted by atomic mass is 19.4. The lowest BCUT2D eigenvalue weighted by Gasteiger charge is -2.24. The number of nitrogens with one attached hydrogen (secondary N) is 1. The molecule has 37 heavy (non-hydrogen) atoms. The summed E-state index contributed by atoms with van der Waals surface area (Å²) < 4.78 is 54.6. The van der Waals surface area contributed by atoms with Crippen molar-refractivity contribution in [1.82, 2.24) is 0 Å². The molecule has 0 radical (unpaired) electrons. The molecule has 1 unspecified atom stereocenters. The van der Waals surface area contributed by atoms with Gasteiger partial charge in [0.25, 0.3) is 5.91 Å². The van der Waals surface area contributed by atoms with Crippen molar-refractivity contribution in [2.75, 3.05) is 17.3 Å². The van der Waals surface area contributed by atoms with E-state index >= 15 is 0 Å². The number of likely N-dealkylation sites (N-methyl/N-ethyl adjacent to an activating group) is 1. The van der Waals surface area contributed by atoms with Gasteiger partial charge >= 0.3 is 6.18 Å². The van der Waals surface area contributed by atoms with Crippen molar-refractivity contribution in [2.45, 2.75) is 25.6 Å². The molecule has 3 aromatic carbocycles. The van der Waals surface area contributed by atoms with E-state index in [0.29, 0.717) is 28.5 Å². The number of para-hydroxylation sites is 1. The normalized spacial score (nSPS) is 12.7. The Morgan fingerprint density at radius 1 is 1.14 bits per heavy atom. The van der Waals surface area contributed by atoms with Crippen LogP contribution in [-0.4, -0.2) is 24.2 Å². The number of phenolic OH excluding ortho intramolecular Hbond substituents is 1. The zero-order valence-electron chi connectivity index (χ0n) is 20.3. The van der Waals surface area contributed by atoms with Crippen molar-refractivity contribution in [1.29, 1.82) is 0 Å². The number of allylic oxidation sites excluding steroid dienone is 2. The maximum Gasteiger partial charge on any atom is 0.415 e. The molecule has 3 aromatic rings. The van der Waals surface area contributed by atoms with Crippen molar-refractivity contribution in [3.63, 3.8) is 0 Å². The minimum absolute atomic E-state index is 0.0575. The predicted molar refractivity (Wildman–Crippen MR) is 137 cm³/mol. The number of nitrogens with two attached hydrogens (primary N) is 1. The Morgan fingerprint density at radius 3 is 2.49 bits per heavy atom. The summed E-state index contributed by atoms with van der Waals surface area (Å²) in [6.45, 7) is 5.02. The van der Waals surface area contributed by atoms with Gasteiger partial charge in [-0.25, -0.2) is 4.39 Å². The van der Waals surface area contributed by atoms with Gasteiger partial charge < -0.3 is 21.1 Å². The summed E-state index contributed by atoms with van der Waals surface area (Å²) in [5, 5.41) is 12.6. The van der Waals surface area contributed by atoms with Crippen molar-refractivity contribution in [3.8, 4) is 5.75 Å². The molecular weight excluding hydrogens is 486 g/mol. The van der Waals surface area contributed by atoms with Crippen LogP contribution in [0.15, 0.2) is 90.7 Å². The number of aromatic hydroxyl groups is 1. The monoisotopic (exact) mass is 513 g/mol. The van der Waals surface area contributed by atoms with Gasteiger partial charge in [-0.2, -0.15) is 13.2 Å². The largest absolute Gasteiger partial charge is 0.508 e. The van der Waals surface area contributed by atoms with E-state index in [0.717, 1.165) is 6.07 Å². The Kier molecular flexibility index (Phi) is 8.39. The van der Waals surface area contributed by atoms with Gasteiger partial charge in [0.2, 0.25) is 0 Å². The quantitative estimate of drug-likeness (QED) is 0.190. The van der Waals surface area contributed by atoms with E-state index in [9.17, 15) is 27.5 Å². The van der Waals surface area contributed by atoms with E-state index in [4.69, 9.17) is 5.73 Å². The molecule has 5 nitrogen and oxygen atoms in total. The lowest BCUT2D eigenvalue weighted by molar-refractivity contribution is -0.113. The number of rotatable bonds is 8. The van der Waals surface area contributed by atoms with Crippen LogP contribution in [0.4, 0.5) is 28.9 Å². The van der Waals surface area contributed by atoms with Gasteiger partial charge in [0, 0.05) is 30.8 Å². The van der Waals surface area contributed by atoms with E-state index in [1.165, 1.54) is 30.1 Å². The van der Waals surface area contributed by atoms with Crippen LogP contribution in [-0.2, 0) is 11.3 Å². The van der Waals surface area contributed by atoms with Crippen molar-refractivity contribution >= 4 is 17.3 Å². The molecule has 0 bridgehead atoms. The lowest BCUT2D eigenvalue weighted by atomic mass is 9.92. The summed E-state index contributed by atoms with van der Waals surface area (Å²) in [7, 11) is 1.41. The summed E-state index contributed by atoms with van der Waals surface area (Å²) in [6, 6.07) is 17.3. The van der Waals surface area contributed by atoms with Crippen molar-refractivity contribution < 1.29 is 27.5 Å². The summed E-state index contributed by atoms with van der Waals surface area (Å²) in [4.78, 5) is 14.5. The molecule has 3 rings (SSSR count).